The van der Waals surface area contributed by atoms with Gasteiger partial charge in [0.1, 0.15) is 11.9 Å². The normalized spacial score (nSPS) is 22.0. The van der Waals surface area contributed by atoms with Crippen LogP contribution in [0.4, 0.5) is 4.39 Å². The summed E-state index contributed by atoms with van der Waals surface area (Å²) < 4.78 is 47.7. The maximum absolute atomic E-state index is 14.7. The topological polar surface area (TPSA) is 66.9 Å². The monoisotopic (exact) mass is 448 g/mol. The summed E-state index contributed by atoms with van der Waals surface area (Å²) in [5, 5.41) is 0. The highest BCUT2D eigenvalue weighted by atomic mass is 32.2. The molecule has 2 aromatic carbocycles. The summed E-state index contributed by atoms with van der Waals surface area (Å²) in [6.45, 7) is 8.04. The number of hydrogen-bond donors (Lipinski definition) is 0. The van der Waals surface area contributed by atoms with E-state index in [0.717, 1.165) is 17.7 Å². The lowest BCUT2D eigenvalue weighted by Gasteiger charge is -2.44. The molecule has 3 atom stereocenters. The van der Waals surface area contributed by atoms with Crippen molar-refractivity contribution in [2.24, 2.45) is 0 Å². The summed E-state index contributed by atoms with van der Waals surface area (Å²) >= 11 is 0. The van der Waals surface area contributed by atoms with Gasteiger partial charge >= 0.3 is 0 Å². The van der Waals surface area contributed by atoms with Gasteiger partial charge in [-0.1, -0.05) is 44.2 Å². The van der Waals surface area contributed by atoms with Crippen LogP contribution >= 0.6 is 0 Å². The molecule has 3 unspecified atom stereocenters. The van der Waals surface area contributed by atoms with Crippen LogP contribution in [0.15, 0.2) is 53.4 Å². The molecule has 31 heavy (non-hydrogen) atoms. The number of morpholine rings is 1. The molecule has 0 N–H and O–H groups in total. The van der Waals surface area contributed by atoms with Crippen molar-refractivity contribution < 1.29 is 22.3 Å². The Kier molecular flexibility index (Phi) is 7.13. The largest absolute Gasteiger partial charge is 0.369 e. The van der Waals surface area contributed by atoms with Gasteiger partial charge in [0.2, 0.25) is 10.0 Å². The highest BCUT2D eigenvalue weighted by Crippen LogP contribution is 2.32. The summed E-state index contributed by atoms with van der Waals surface area (Å²) in [6.07, 6.45) is -0.355. The van der Waals surface area contributed by atoms with Crippen LogP contribution in [0.3, 0.4) is 0 Å². The second-order valence-electron chi connectivity index (χ2n) is 7.70. The molecule has 2 aromatic rings. The Labute approximate surface area is 183 Å². The molecule has 1 amide bonds. The Bertz CT molecular complexity index is 1030. The SMILES string of the molecule is CCN(CC)S(=O)(=O)c1ccc(F)c(C(=O)N2C(C)COC(c3ccccc3)C2C)c1. The fraction of sp³-hybridized carbons (Fsp3) is 0.435. The van der Waals surface area contributed by atoms with E-state index in [1.165, 1.54) is 10.4 Å². The Balaban J connectivity index is 1.98. The van der Waals surface area contributed by atoms with Crippen molar-refractivity contribution in [2.75, 3.05) is 19.7 Å². The molecule has 1 aliphatic rings. The molecule has 1 heterocycles. The minimum Gasteiger partial charge on any atom is -0.369 e. The number of carbonyl (C=O) groups excluding carboxylic acids is 1. The molecule has 1 fully saturated rings. The molecule has 0 aliphatic carbocycles. The van der Waals surface area contributed by atoms with E-state index in [4.69, 9.17) is 4.74 Å². The highest BCUT2D eigenvalue weighted by Gasteiger charge is 2.38. The molecule has 6 nitrogen and oxygen atoms in total. The highest BCUT2D eigenvalue weighted by molar-refractivity contribution is 7.89. The molecule has 3 rings (SSSR count). The van der Waals surface area contributed by atoms with Gasteiger partial charge in [0.15, 0.2) is 0 Å². The average molecular weight is 449 g/mol. The fourth-order valence-corrected chi connectivity index (χ4v) is 5.58. The zero-order chi connectivity index (χ0) is 22.8. The lowest BCUT2D eigenvalue weighted by molar-refractivity contribution is -0.0807. The number of ether oxygens (including phenoxy) is 1. The van der Waals surface area contributed by atoms with Crippen LogP contribution in [-0.2, 0) is 14.8 Å². The number of nitrogens with zero attached hydrogens (tertiary/aromatic N) is 2. The van der Waals surface area contributed by atoms with Crippen LogP contribution in [0.2, 0.25) is 0 Å². The second kappa shape index (κ2) is 9.46. The van der Waals surface area contributed by atoms with E-state index in [1.807, 2.05) is 44.2 Å². The number of halogens is 1. The van der Waals surface area contributed by atoms with Crippen molar-refractivity contribution in [1.82, 2.24) is 9.21 Å². The Morgan fingerprint density at radius 1 is 1.13 bits per heavy atom. The number of amides is 1. The average Bonchev–Trinajstić information content (AvgIpc) is 2.75. The minimum absolute atomic E-state index is 0.0888. The number of benzene rings is 2. The van der Waals surface area contributed by atoms with Gasteiger partial charge in [-0.25, -0.2) is 12.8 Å². The van der Waals surface area contributed by atoms with Crippen LogP contribution in [0.1, 0.15) is 49.7 Å². The van der Waals surface area contributed by atoms with Crippen LogP contribution in [0, 0.1) is 5.82 Å². The second-order valence-corrected chi connectivity index (χ2v) is 9.64. The van der Waals surface area contributed by atoms with Gasteiger partial charge < -0.3 is 9.64 Å². The van der Waals surface area contributed by atoms with E-state index in [9.17, 15) is 17.6 Å². The van der Waals surface area contributed by atoms with E-state index in [2.05, 4.69) is 0 Å². The first-order chi connectivity index (χ1) is 14.7. The molecule has 0 bridgehead atoms. The third-order valence-corrected chi connectivity index (χ3v) is 7.79. The predicted octanol–water partition coefficient (Wildman–Crippen LogP) is 3.85. The van der Waals surface area contributed by atoms with Crippen molar-refractivity contribution in [2.45, 2.75) is 50.8 Å². The summed E-state index contributed by atoms with van der Waals surface area (Å²) in [6, 6.07) is 12.3. The Morgan fingerprint density at radius 2 is 1.77 bits per heavy atom. The van der Waals surface area contributed by atoms with Gasteiger partial charge in [0, 0.05) is 13.1 Å². The van der Waals surface area contributed by atoms with Crippen LogP contribution in [0.25, 0.3) is 0 Å². The zero-order valence-corrected chi connectivity index (χ0v) is 19.1. The number of sulfonamides is 1. The summed E-state index contributed by atoms with van der Waals surface area (Å²) in [4.78, 5) is 14.9. The summed E-state index contributed by atoms with van der Waals surface area (Å²) in [5.41, 5.74) is 0.679. The Morgan fingerprint density at radius 3 is 2.39 bits per heavy atom. The van der Waals surface area contributed by atoms with Crippen molar-refractivity contribution in [3.63, 3.8) is 0 Å². The lowest BCUT2D eigenvalue weighted by atomic mass is 9.97. The van der Waals surface area contributed by atoms with Gasteiger partial charge in [-0.2, -0.15) is 4.31 Å². The smallest absolute Gasteiger partial charge is 0.257 e. The third-order valence-electron chi connectivity index (χ3n) is 5.74. The summed E-state index contributed by atoms with van der Waals surface area (Å²) in [7, 11) is -3.81. The quantitative estimate of drug-likeness (QED) is 0.673. The van der Waals surface area contributed by atoms with Gasteiger partial charge in [-0.15, -0.1) is 0 Å². The zero-order valence-electron chi connectivity index (χ0n) is 18.3. The molecule has 1 saturated heterocycles. The minimum atomic E-state index is -3.81. The number of hydrogen-bond acceptors (Lipinski definition) is 4. The summed E-state index contributed by atoms with van der Waals surface area (Å²) in [5.74, 6) is -1.29. The molecule has 0 saturated carbocycles. The number of carbonyl (C=O) groups is 1. The van der Waals surface area contributed by atoms with Crippen molar-refractivity contribution in [3.05, 3.63) is 65.5 Å². The van der Waals surface area contributed by atoms with Crippen molar-refractivity contribution >= 4 is 15.9 Å². The molecule has 1 aliphatic heterocycles. The van der Waals surface area contributed by atoms with E-state index < -0.39 is 21.7 Å². The fourth-order valence-electron chi connectivity index (χ4n) is 4.09. The van der Waals surface area contributed by atoms with Crippen LogP contribution < -0.4 is 0 Å². The van der Waals surface area contributed by atoms with Gasteiger partial charge in [-0.05, 0) is 37.6 Å². The van der Waals surface area contributed by atoms with Crippen molar-refractivity contribution in [3.8, 4) is 0 Å². The lowest BCUT2D eigenvalue weighted by Crippen LogP contribution is -2.53. The van der Waals surface area contributed by atoms with Gasteiger partial charge in [0.05, 0.1) is 29.1 Å². The standard InChI is InChI=1S/C23H29FN2O4S/c1-5-25(6-2)31(28,29)19-12-13-21(24)20(14-19)23(27)26-16(3)15-30-22(17(26)4)18-10-8-7-9-11-18/h7-14,16-17,22H,5-6,15H2,1-4H3. The van der Waals surface area contributed by atoms with E-state index in [0.29, 0.717) is 6.61 Å². The first-order valence-electron chi connectivity index (χ1n) is 10.5. The van der Waals surface area contributed by atoms with Crippen molar-refractivity contribution in [1.29, 1.82) is 0 Å². The first kappa shape index (κ1) is 23.4. The number of rotatable bonds is 6. The first-order valence-corrected chi connectivity index (χ1v) is 11.9. The Hall–Kier alpha value is -2.29. The third kappa shape index (κ3) is 4.51. The van der Waals surface area contributed by atoms with Crippen LogP contribution in [-0.4, -0.2) is 55.3 Å². The molecule has 8 heteroatoms. The van der Waals surface area contributed by atoms with E-state index in [-0.39, 0.29) is 41.7 Å². The molecular weight excluding hydrogens is 419 g/mol. The molecule has 168 valence electrons. The maximum Gasteiger partial charge on any atom is 0.257 e. The van der Waals surface area contributed by atoms with E-state index >= 15 is 0 Å². The molecule has 0 aromatic heterocycles. The maximum atomic E-state index is 14.7. The predicted molar refractivity (Wildman–Crippen MR) is 117 cm³/mol. The van der Waals surface area contributed by atoms with Gasteiger partial charge in [-0.3, -0.25) is 4.79 Å². The van der Waals surface area contributed by atoms with E-state index in [1.54, 1.807) is 18.7 Å². The molecule has 0 radical (unpaired) electrons. The molecule has 0 spiro atoms. The van der Waals surface area contributed by atoms with Gasteiger partial charge in [0.25, 0.3) is 5.91 Å². The molecular formula is C23H29FN2O4S. The van der Waals surface area contributed by atoms with Crippen LogP contribution in [0.5, 0.6) is 0 Å².